The summed E-state index contributed by atoms with van der Waals surface area (Å²) in [6.45, 7) is 7.31. The molecule has 5 atom stereocenters. The van der Waals surface area contributed by atoms with Gasteiger partial charge >= 0.3 is 12.0 Å². The van der Waals surface area contributed by atoms with Gasteiger partial charge in [0.25, 0.3) is 5.91 Å². The highest BCUT2D eigenvalue weighted by Crippen LogP contribution is 2.47. The maximum atomic E-state index is 13.9. The van der Waals surface area contributed by atoms with E-state index in [2.05, 4.69) is 16.0 Å². The quantitative estimate of drug-likeness (QED) is 0.395. The Morgan fingerprint density at radius 1 is 1.00 bits per heavy atom. The molecule has 3 heterocycles. The van der Waals surface area contributed by atoms with Gasteiger partial charge in [-0.1, -0.05) is 71.1 Å². The Bertz CT molecular complexity index is 1310. The van der Waals surface area contributed by atoms with E-state index in [-0.39, 0.29) is 29.2 Å². The van der Waals surface area contributed by atoms with E-state index < -0.39 is 35.5 Å². The summed E-state index contributed by atoms with van der Waals surface area (Å²) in [5.41, 5.74) is 0.104. The predicted molar refractivity (Wildman–Crippen MR) is 168 cm³/mol. The largest absolute Gasteiger partial charge is 0.479 e. The van der Waals surface area contributed by atoms with Gasteiger partial charge in [-0.05, 0) is 61.5 Å². The number of carbonyl (C=O) groups excluding carboxylic acids is 4. The van der Waals surface area contributed by atoms with E-state index in [0.29, 0.717) is 50.9 Å². The lowest BCUT2D eigenvalue weighted by molar-refractivity contribution is -0.145. The summed E-state index contributed by atoms with van der Waals surface area (Å²) in [7, 11) is 0. The van der Waals surface area contributed by atoms with Crippen molar-refractivity contribution in [2.75, 3.05) is 19.6 Å². The van der Waals surface area contributed by atoms with Crippen molar-refractivity contribution in [3.8, 4) is 0 Å². The standard InChI is InChI=1S/C34H49N5O6/c1-33(2,3)27(21-38-19-17-22-12-9-10-14-24(22)29(38)41)36-32(45)35-25-15-8-6-4-5-7-13-23-20-34(23,31(43)44)37-28(40)26-16-11-18-39(26)30(25)42/h9-10,12,14,23,25-27H,4-8,11,13,15-21H2,1-3H3,(H,37,40)(H,43,44)(H2,35,36,45)/t23?,25-,26-,27+,34+/m0/s1. The van der Waals surface area contributed by atoms with Crippen LogP contribution in [-0.4, -0.2) is 87.9 Å². The number of benzene rings is 1. The Morgan fingerprint density at radius 2 is 1.71 bits per heavy atom. The average molecular weight is 624 g/mol. The minimum Gasteiger partial charge on any atom is -0.479 e. The van der Waals surface area contributed by atoms with Gasteiger partial charge in [-0.25, -0.2) is 9.59 Å². The number of rotatable bonds is 5. The Kier molecular flexibility index (Phi) is 9.74. The molecule has 4 aliphatic rings. The maximum Gasteiger partial charge on any atom is 0.329 e. The first kappa shape index (κ1) is 32.8. The van der Waals surface area contributed by atoms with Gasteiger partial charge in [0.15, 0.2) is 0 Å². The van der Waals surface area contributed by atoms with Crippen molar-refractivity contribution in [3.05, 3.63) is 35.4 Å². The van der Waals surface area contributed by atoms with Crippen LogP contribution in [0.3, 0.4) is 0 Å². The van der Waals surface area contributed by atoms with Crippen molar-refractivity contribution in [1.82, 2.24) is 25.8 Å². The van der Waals surface area contributed by atoms with Gasteiger partial charge in [0, 0.05) is 25.2 Å². The number of urea groups is 1. The molecular formula is C34H49N5O6. The molecule has 1 unspecified atom stereocenters. The molecule has 0 aromatic heterocycles. The van der Waals surface area contributed by atoms with Crippen LogP contribution in [0.1, 0.15) is 101 Å². The van der Waals surface area contributed by atoms with E-state index in [0.717, 1.165) is 50.5 Å². The lowest BCUT2D eigenvalue weighted by Crippen LogP contribution is -2.59. The molecule has 1 aromatic rings. The third-order valence-corrected chi connectivity index (χ3v) is 10.3. The monoisotopic (exact) mass is 623 g/mol. The lowest BCUT2D eigenvalue weighted by atomic mass is 9.85. The first-order valence-electron chi connectivity index (χ1n) is 16.7. The molecule has 1 saturated carbocycles. The molecule has 2 saturated heterocycles. The number of nitrogens with zero attached hydrogens (tertiary/aromatic N) is 2. The average Bonchev–Trinajstić information content (AvgIpc) is 3.46. The van der Waals surface area contributed by atoms with Crippen molar-refractivity contribution < 1.29 is 29.1 Å². The third kappa shape index (κ3) is 7.28. The summed E-state index contributed by atoms with van der Waals surface area (Å²) in [6, 6.07) is 5.16. The van der Waals surface area contributed by atoms with E-state index in [9.17, 15) is 29.1 Å². The van der Waals surface area contributed by atoms with Gasteiger partial charge in [-0.2, -0.15) is 0 Å². The minimum absolute atomic E-state index is 0.0501. The van der Waals surface area contributed by atoms with E-state index in [1.165, 1.54) is 4.90 Å². The van der Waals surface area contributed by atoms with Gasteiger partial charge in [0.05, 0.1) is 6.04 Å². The molecule has 45 heavy (non-hydrogen) atoms. The minimum atomic E-state index is -1.24. The highest BCUT2D eigenvalue weighted by Gasteiger charge is 2.61. The molecule has 1 aromatic carbocycles. The molecule has 5 rings (SSSR count). The summed E-state index contributed by atoms with van der Waals surface area (Å²) in [5.74, 6) is -1.89. The molecule has 0 bridgehead atoms. The maximum absolute atomic E-state index is 13.9. The number of carbonyl (C=O) groups is 5. The fourth-order valence-corrected chi connectivity index (χ4v) is 7.24. The smallest absolute Gasteiger partial charge is 0.329 e. The van der Waals surface area contributed by atoms with Gasteiger partial charge < -0.3 is 30.9 Å². The molecule has 246 valence electrons. The highest BCUT2D eigenvalue weighted by molar-refractivity contribution is 5.97. The number of fused-ring (bicyclic) bond motifs is 3. The number of aliphatic carboxylic acids is 1. The zero-order chi connectivity index (χ0) is 32.4. The second kappa shape index (κ2) is 13.4. The second-order valence-electron chi connectivity index (χ2n) is 14.4. The van der Waals surface area contributed by atoms with Gasteiger partial charge in [-0.3, -0.25) is 14.4 Å². The fraction of sp³-hybridized carbons (Fsp3) is 0.676. The third-order valence-electron chi connectivity index (χ3n) is 10.3. The molecule has 4 N–H and O–H groups in total. The van der Waals surface area contributed by atoms with Crippen molar-refractivity contribution in [3.63, 3.8) is 0 Å². The Morgan fingerprint density at radius 3 is 2.44 bits per heavy atom. The van der Waals surface area contributed by atoms with Crippen LogP contribution >= 0.6 is 0 Å². The zero-order valence-corrected chi connectivity index (χ0v) is 26.9. The van der Waals surface area contributed by atoms with Crippen LogP contribution in [-0.2, 0) is 20.8 Å². The van der Waals surface area contributed by atoms with Gasteiger partial charge in [0.1, 0.15) is 17.6 Å². The summed E-state index contributed by atoms with van der Waals surface area (Å²) >= 11 is 0. The topological polar surface area (TPSA) is 148 Å². The second-order valence-corrected chi connectivity index (χ2v) is 14.4. The molecule has 0 spiro atoms. The van der Waals surface area contributed by atoms with Crippen LogP contribution in [0.5, 0.6) is 0 Å². The first-order valence-corrected chi connectivity index (χ1v) is 16.7. The Labute approximate surface area is 265 Å². The summed E-state index contributed by atoms with van der Waals surface area (Å²) in [4.78, 5) is 69.6. The summed E-state index contributed by atoms with van der Waals surface area (Å²) < 4.78 is 0. The van der Waals surface area contributed by atoms with Crippen LogP contribution in [0.15, 0.2) is 24.3 Å². The van der Waals surface area contributed by atoms with Crippen molar-refractivity contribution in [2.45, 2.75) is 115 Å². The number of hydrogen-bond donors (Lipinski definition) is 4. The van der Waals surface area contributed by atoms with Crippen LogP contribution in [0.2, 0.25) is 0 Å². The SMILES string of the molecule is CC(C)(C)[C@@H](CN1CCc2ccccc2C1=O)NC(=O)N[C@H]1CCCCCCCC2C[C@@]2(C(=O)O)NC(=O)[C@@H]2CCCN2C1=O. The van der Waals surface area contributed by atoms with E-state index >= 15 is 0 Å². The number of carboxylic acids is 1. The Hall–Kier alpha value is -3.63. The summed E-state index contributed by atoms with van der Waals surface area (Å²) in [6.07, 6.45) is 7.90. The van der Waals surface area contributed by atoms with Crippen molar-refractivity contribution in [1.29, 1.82) is 0 Å². The molecule has 3 aliphatic heterocycles. The van der Waals surface area contributed by atoms with Crippen LogP contribution in [0.4, 0.5) is 4.79 Å². The number of carboxylic acid groups (broad SMARTS) is 1. The first-order chi connectivity index (χ1) is 21.4. The number of nitrogens with one attached hydrogen (secondary N) is 3. The van der Waals surface area contributed by atoms with Gasteiger partial charge in [-0.15, -0.1) is 0 Å². The zero-order valence-electron chi connectivity index (χ0n) is 26.9. The summed E-state index contributed by atoms with van der Waals surface area (Å²) in [5, 5.41) is 18.8. The molecule has 11 heteroatoms. The molecule has 11 nitrogen and oxygen atoms in total. The van der Waals surface area contributed by atoms with E-state index in [1.807, 2.05) is 45.0 Å². The normalized spacial score (nSPS) is 28.4. The van der Waals surface area contributed by atoms with Crippen molar-refractivity contribution >= 4 is 29.7 Å². The van der Waals surface area contributed by atoms with Crippen LogP contribution < -0.4 is 16.0 Å². The van der Waals surface area contributed by atoms with Crippen molar-refractivity contribution in [2.24, 2.45) is 11.3 Å². The fourth-order valence-electron chi connectivity index (χ4n) is 7.24. The molecule has 5 amide bonds. The number of amides is 5. The molecule has 0 radical (unpaired) electrons. The van der Waals surface area contributed by atoms with E-state index in [4.69, 9.17) is 0 Å². The molecule has 1 aliphatic carbocycles. The van der Waals surface area contributed by atoms with E-state index in [1.54, 1.807) is 4.90 Å². The van der Waals surface area contributed by atoms with Crippen LogP contribution in [0, 0.1) is 11.3 Å². The van der Waals surface area contributed by atoms with Gasteiger partial charge in [0.2, 0.25) is 11.8 Å². The Balaban J connectivity index is 1.28. The lowest BCUT2D eigenvalue weighted by Gasteiger charge is -2.38. The highest BCUT2D eigenvalue weighted by atomic mass is 16.4. The molecule has 3 fully saturated rings. The number of hydrogen-bond acceptors (Lipinski definition) is 5. The predicted octanol–water partition coefficient (Wildman–Crippen LogP) is 3.46. The molecular weight excluding hydrogens is 574 g/mol. The van der Waals surface area contributed by atoms with Crippen LogP contribution in [0.25, 0.3) is 0 Å².